The number of benzene rings is 25. The van der Waals surface area contributed by atoms with Crippen LogP contribution in [0.25, 0.3) is 327 Å². The number of rotatable bonds is 9. The third-order valence-electron chi connectivity index (χ3n) is 30.0. The van der Waals surface area contributed by atoms with E-state index in [4.69, 9.17) is 22.1 Å². The summed E-state index contributed by atoms with van der Waals surface area (Å²) >= 11 is 1.89. The summed E-state index contributed by atoms with van der Waals surface area (Å²) in [5.74, 6) is 0. The van der Waals surface area contributed by atoms with Crippen LogP contribution in [0.1, 0.15) is 0 Å². The average Bonchev–Trinajstić information content (AvgIpc) is 1.27. The van der Waals surface area contributed by atoms with Crippen LogP contribution in [0.15, 0.2) is 459 Å². The smallest absolute Gasteiger partial charge is 0.143 e. The lowest BCUT2D eigenvalue weighted by atomic mass is 9.85. The first-order valence-electron chi connectivity index (χ1n) is 47.3. The third kappa shape index (κ3) is 11.1. The Hall–Kier alpha value is -17.9. The topological polar surface area (TPSA) is 65.7 Å². The number of hydrogen-bond donors (Lipinski definition) is 0. The number of para-hydroxylation sites is 1. The Morgan fingerprint density at radius 2 is 0.428 bits per heavy atom. The molecule has 0 atom stereocenters. The molecule has 0 amide bonds. The highest BCUT2D eigenvalue weighted by Gasteiger charge is 2.28. The van der Waals surface area contributed by atoms with Crippen LogP contribution in [0, 0.1) is 0 Å². The van der Waals surface area contributed by atoms with Crippen LogP contribution in [0.2, 0.25) is 0 Å². The highest BCUT2D eigenvalue weighted by atomic mass is 32.1. The first kappa shape index (κ1) is 75.6. The summed E-state index contributed by atoms with van der Waals surface area (Å²) in [6.45, 7) is 0. The quantitative estimate of drug-likeness (QED) is 0.135. The average molecular weight is 1770 g/mol. The standard InChI is InChI=1S/C132H72O5S/c1-2-23-75-69-121-112(61-74(75)22-1)109-66-83(51-57-116(109)134-121)127-93-33-7-11-37-97(93)129(98-38-12-8-34-94(98)127)103-45-20-43-101-108-65-79(50-56-119(108)137-131(101)103)85-41-18-25-77-63-113-110-67-82(52-58-117(110)135-122(113)71-105(77)85)126-91-31-5-3-29-89(91)125(90-30-4-6-32-92(90)126)81-27-17-24-73(60-81)76-49-55-115-107(62-76)87-54-48-80(70-120(87)133-115)86-42-19-26-78-64-114-111-68-84(53-59-118(111)136-123(114)72-106(78)86)128-95-35-9-13-39-99(95)130(100-40-14-10-36-96(100)128)104-46-21-44-102-88-28-15-16-47-124(88)138-132(102)104/h1-72H. The van der Waals surface area contributed by atoms with Crippen LogP contribution >= 0.6 is 11.3 Å². The molecular weight excluding hydrogens is 1700 g/mol. The van der Waals surface area contributed by atoms with E-state index in [1.807, 2.05) is 11.3 Å². The number of fused-ring (bicyclic) bond motifs is 27. The lowest BCUT2D eigenvalue weighted by Gasteiger charge is -2.18. The normalized spacial score (nSPS) is 12.3. The SMILES string of the molecule is c1cc(-c2ccc3oc4cc(-c5cccc6cc7c(cc56)oc5ccc(-c6c8ccccc8c(-c8cccc9c8sc8ccccc89)c8ccccc68)cc57)ccc4c3c2)cc(-c2c3ccccc3c(-c3ccc4oc5cc6c(-c7ccc8oc9c(-c%10c%11ccccc%11c(-c%11ccc%12oc%13cc%14ccccc%14cc%13c%12c%11)c%11ccccc%10%11)cccc9c8c7)cccc6cc5c4c3)c3ccccc23)c1. The lowest BCUT2D eigenvalue weighted by Crippen LogP contribution is -1.91. The van der Waals surface area contributed by atoms with Crippen molar-refractivity contribution in [2.45, 2.75) is 0 Å². The highest BCUT2D eigenvalue weighted by Crippen LogP contribution is 2.55. The Kier molecular flexibility index (Phi) is 15.8. The monoisotopic (exact) mass is 1770 g/mol. The molecule has 31 aromatic rings. The minimum atomic E-state index is 0.838. The zero-order chi connectivity index (χ0) is 89.8. The van der Waals surface area contributed by atoms with Crippen LogP contribution in [0.4, 0.5) is 0 Å². The summed E-state index contributed by atoms with van der Waals surface area (Å²) in [6, 6.07) is 161. The minimum Gasteiger partial charge on any atom is -0.456 e. The maximum absolute atomic E-state index is 7.11. The molecule has 0 aliphatic heterocycles. The molecule has 0 aliphatic rings. The maximum Gasteiger partial charge on any atom is 0.143 e. The Morgan fingerprint density at radius 1 is 0.130 bits per heavy atom. The van der Waals surface area contributed by atoms with E-state index in [2.05, 4.69) is 437 Å². The fourth-order valence-corrected chi connectivity index (χ4v) is 25.0. The number of hydrogen-bond acceptors (Lipinski definition) is 6. The van der Waals surface area contributed by atoms with Crippen molar-refractivity contribution in [1.82, 2.24) is 0 Å². The van der Waals surface area contributed by atoms with Gasteiger partial charge < -0.3 is 22.1 Å². The predicted molar refractivity (Wildman–Crippen MR) is 582 cm³/mol. The summed E-state index contributed by atoms with van der Waals surface area (Å²) in [4.78, 5) is 0. The van der Waals surface area contributed by atoms with Crippen molar-refractivity contribution in [3.8, 4) is 100 Å². The molecule has 0 bridgehead atoms. The van der Waals surface area contributed by atoms with Gasteiger partial charge in [0.25, 0.3) is 0 Å². The first-order chi connectivity index (χ1) is 68.4. The van der Waals surface area contributed by atoms with Gasteiger partial charge in [0.2, 0.25) is 0 Å². The van der Waals surface area contributed by atoms with Gasteiger partial charge in [0, 0.05) is 90.7 Å². The van der Waals surface area contributed by atoms with E-state index < -0.39 is 0 Å². The highest BCUT2D eigenvalue weighted by molar-refractivity contribution is 7.26. The van der Waals surface area contributed by atoms with Crippen LogP contribution in [0.5, 0.6) is 0 Å². The van der Waals surface area contributed by atoms with Crippen molar-refractivity contribution >= 4 is 238 Å². The molecule has 636 valence electrons. The zero-order valence-electron chi connectivity index (χ0n) is 74.0. The van der Waals surface area contributed by atoms with Crippen LogP contribution in [0.3, 0.4) is 0 Å². The van der Waals surface area contributed by atoms with E-state index in [0.717, 1.165) is 209 Å². The van der Waals surface area contributed by atoms with Gasteiger partial charge in [-0.2, -0.15) is 0 Å². The van der Waals surface area contributed by atoms with Crippen molar-refractivity contribution < 1.29 is 22.1 Å². The molecule has 5 nitrogen and oxygen atoms in total. The van der Waals surface area contributed by atoms with Crippen molar-refractivity contribution in [2.75, 3.05) is 0 Å². The van der Waals surface area contributed by atoms with Crippen LogP contribution < -0.4 is 0 Å². The first-order valence-corrected chi connectivity index (χ1v) is 48.1. The molecule has 6 heterocycles. The van der Waals surface area contributed by atoms with Crippen molar-refractivity contribution in [1.29, 1.82) is 0 Å². The van der Waals surface area contributed by atoms with E-state index in [1.54, 1.807) is 0 Å². The molecule has 0 fully saturated rings. The molecular formula is C132H72O5S. The Labute approximate surface area is 791 Å². The molecule has 0 N–H and O–H groups in total. The summed E-state index contributed by atoms with van der Waals surface area (Å²) in [7, 11) is 0. The fourth-order valence-electron chi connectivity index (χ4n) is 23.8. The molecule has 0 radical (unpaired) electrons. The van der Waals surface area contributed by atoms with Gasteiger partial charge in [-0.1, -0.05) is 315 Å². The second-order valence-electron chi connectivity index (χ2n) is 37.3. The molecule has 0 saturated heterocycles. The van der Waals surface area contributed by atoms with E-state index in [1.165, 1.54) is 118 Å². The summed E-state index contributed by atoms with van der Waals surface area (Å²) in [5, 5.41) is 34.6. The zero-order valence-corrected chi connectivity index (χ0v) is 74.8. The van der Waals surface area contributed by atoms with E-state index in [0.29, 0.717) is 0 Å². The van der Waals surface area contributed by atoms with E-state index in [-0.39, 0.29) is 0 Å². The van der Waals surface area contributed by atoms with E-state index in [9.17, 15) is 0 Å². The summed E-state index contributed by atoms with van der Waals surface area (Å²) < 4.78 is 36.9. The van der Waals surface area contributed by atoms with Gasteiger partial charge in [0.05, 0.1) is 0 Å². The molecule has 31 rings (SSSR count). The molecule has 6 aromatic heterocycles. The Balaban J connectivity index is 0.454. The number of furan rings is 5. The van der Waals surface area contributed by atoms with Crippen molar-refractivity contribution in [2.24, 2.45) is 0 Å². The molecule has 0 saturated carbocycles. The van der Waals surface area contributed by atoms with Gasteiger partial charge in [-0.05, 0) is 302 Å². The predicted octanol–water partition coefficient (Wildman–Crippen LogP) is 38.9. The molecule has 138 heavy (non-hydrogen) atoms. The van der Waals surface area contributed by atoms with Crippen LogP contribution in [-0.4, -0.2) is 0 Å². The van der Waals surface area contributed by atoms with Gasteiger partial charge in [0.15, 0.2) is 0 Å². The van der Waals surface area contributed by atoms with Gasteiger partial charge in [0.1, 0.15) is 55.8 Å². The molecule has 6 heteroatoms. The maximum atomic E-state index is 7.11. The Morgan fingerprint density at radius 3 is 0.935 bits per heavy atom. The van der Waals surface area contributed by atoms with Gasteiger partial charge in [-0.25, -0.2) is 0 Å². The molecule has 0 aliphatic carbocycles. The second-order valence-corrected chi connectivity index (χ2v) is 38.3. The molecule has 25 aromatic carbocycles. The Bertz CT molecular complexity index is 10700. The number of thiophene rings is 1. The van der Waals surface area contributed by atoms with E-state index >= 15 is 0 Å². The lowest BCUT2D eigenvalue weighted by molar-refractivity contribution is 0.669. The third-order valence-corrected chi connectivity index (χ3v) is 31.2. The van der Waals surface area contributed by atoms with Gasteiger partial charge in [-0.3, -0.25) is 0 Å². The van der Waals surface area contributed by atoms with Gasteiger partial charge in [-0.15, -0.1) is 11.3 Å². The van der Waals surface area contributed by atoms with Crippen LogP contribution in [-0.2, 0) is 0 Å². The molecule has 0 unspecified atom stereocenters. The van der Waals surface area contributed by atoms with Crippen molar-refractivity contribution in [3.63, 3.8) is 0 Å². The van der Waals surface area contributed by atoms with Gasteiger partial charge >= 0.3 is 0 Å². The van der Waals surface area contributed by atoms with Crippen molar-refractivity contribution in [3.05, 3.63) is 437 Å². The summed E-state index contributed by atoms with van der Waals surface area (Å²) in [6.07, 6.45) is 0. The second kappa shape index (κ2) is 28.8. The fraction of sp³-hybridized carbons (Fsp3) is 0. The minimum absolute atomic E-state index is 0.838. The largest absolute Gasteiger partial charge is 0.456 e. The molecule has 0 spiro atoms. The summed E-state index contributed by atoms with van der Waals surface area (Å²) in [5.41, 5.74) is 29.3.